The third kappa shape index (κ3) is 11.9. The van der Waals surface area contributed by atoms with Crippen LogP contribution >= 0.6 is 34.7 Å². The summed E-state index contributed by atoms with van der Waals surface area (Å²) in [5, 5.41) is 12.2. The van der Waals surface area contributed by atoms with Gasteiger partial charge in [-0.3, -0.25) is 24.1 Å². The number of hydrogen-bond donors (Lipinski definition) is 4. The third-order valence-electron chi connectivity index (χ3n) is 12.2. The number of nitrogens with zero attached hydrogens (tertiary/aromatic N) is 6. The lowest BCUT2D eigenvalue weighted by Gasteiger charge is -2.37. The van der Waals surface area contributed by atoms with Crippen LogP contribution in [-0.2, 0) is 25.7 Å². The van der Waals surface area contributed by atoms with Crippen LogP contribution in [0.15, 0.2) is 54.2 Å². The Bertz CT molecular complexity index is 2360. The van der Waals surface area contributed by atoms with E-state index >= 15 is 4.39 Å². The van der Waals surface area contributed by atoms with Crippen molar-refractivity contribution in [2.45, 2.75) is 75.5 Å². The molecule has 20 heteroatoms. The Morgan fingerprint density at radius 1 is 1.05 bits per heavy atom. The number of anilines is 3. The Balaban J connectivity index is 0.856. The van der Waals surface area contributed by atoms with Crippen molar-refractivity contribution < 1.29 is 33.0 Å². The van der Waals surface area contributed by atoms with E-state index in [1.54, 1.807) is 41.5 Å². The summed E-state index contributed by atoms with van der Waals surface area (Å²) in [6.45, 7) is 10.4. The number of piperazine rings is 1. The van der Waals surface area contributed by atoms with E-state index < -0.39 is 34.3 Å². The number of ether oxygens (including phenoxy) is 2. The number of nitrogens with one attached hydrogen (secondary N) is 4. The van der Waals surface area contributed by atoms with Crippen LogP contribution in [-0.4, -0.2) is 148 Å². The lowest BCUT2D eigenvalue weighted by atomic mass is 10.00. The van der Waals surface area contributed by atoms with Crippen LogP contribution in [0, 0.1) is 6.92 Å². The molecule has 4 aromatic rings. The Hall–Kier alpha value is -5.08. The van der Waals surface area contributed by atoms with Crippen LogP contribution in [0.2, 0.25) is 5.02 Å². The van der Waals surface area contributed by atoms with Crippen molar-refractivity contribution >= 4 is 75.8 Å². The number of thiazole rings is 1. The number of aromatic nitrogens is 3. The van der Waals surface area contributed by atoms with Crippen LogP contribution in [0.1, 0.15) is 61.1 Å². The van der Waals surface area contributed by atoms with E-state index in [1.165, 1.54) is 25.1 Å². The number of amides is 4. The molecule has 3 aliphatic rings. The molecular weight excluding hydrogens is 907 g/mol. The standard InChI is InChI=1S/C46H58ClFN10O6S2/c1-29-37(65-28-52-29)31-10-8-30(9-11-31)26-50-40(59)35-7-6-16-58(35)42(61)38(54-43(62)46(48)14-15-46)45(2,3)66-24-23-64-22-21-56-17-19-57(20-18-56)41(60)32-12-13-34(36(25-32)63-5)53-44-51-27-33(47)39(49-4)55-44/h8-13,25,27-28,35,38H,6-7,14-24,26H2,1-5H3,(H,50,59)(H,54,62)(H2,49,51,53,55)/t35-,38+/m0/s1. The zero-order valence-corrected chi connectivity index (χ0v) is 40.3. The molecule has 4 amide bonds. The highest BCUT2D eigenvalue weighted by molar-refractivity contribution is 8.00. The summed E-state index contributed by atoms with van der Waals surface area (Å²) in [5.74, 6) is 0.247. The fourth-order valence-corrected chi connectivity index (χ4v) is 10.1. The zero-order valence-electron chi connectivity index (χ0n) is 38.0. The molecule has 0 unspecified atom stereocenters. The van der Waals surface area contributed by atoms with Crippen LogP contribution in [0.4, 0.5) is 21.8 Å². The Morgan fingerprint density at radius 3 is 2.48 bits per heavy atom. The molecule has 0 radical (unpaired) electrons. The first-order chi connectivity index (χ1) is 31.7. The summed E-state index contributed by atoms with van der Waals surface area (Å²) >= 11 is 9.16. The summed E-state index contributed by atoms with van der Waals surface area (Å²) in [6.07, 6.45) is 2.86. The summed E-state index contributed by atoms with van der Waals surface area (Å²) in [5.41, 5.74) is 3.91. The maximum atomic E-state index is 15.0. The number of benzene rings is 2. The average Bonchev–Trinajstić information content (AvgIpc) is 3.65. The highest BCUT2D eigenvalue weighted by Crippen LogP contribution is 2.41. The van der Waals surface area contributed by atoms with Gasteiger partial charge in [-0.05, 0) is 75.8 Å². The van der Waals surface area contributed by atoms with E-state index in [1.807, 2.05) is 55.4 Å². The molecular formula is C46H58ClFN10O6S2. The van der Waals surface area contributed by atoms with Gasteiger partial charge in [0.1, 0.15) is 28.7 Å². The first-order valence-corrected chi connectivity index (χ1v) is 24.4. The van der Waals surface area contributed by atoms with E-state index in [2.05, 4.69) is 41.1 Å². The van der Waals surface area contributed by atoms with Crippen LogP contribution in [0.5, 0.6) is 5.75 Å². The summed E-state index contributed by atoms with van der Waals surface area (Å²) in [7, 11) is 3.25. The van der Waals surface area contributed by atoms with E-state index in [-0.39, 0.29) is 24.7 Å². The van der Waals surface area contributed by atoms with E-state index in [0.29, 0.717) is 111 Å². The van der Waals surface area contributed by atoms with Gasteiger partial charge in [0.2, 0.25) is 17.8 Å². The topological polar surface area (TPSA) is 183 Å². The number of halogens is 2. The molecule has 2 aliphatic heterocycles. The Morgan fingerprint density at radius 2 is 1.80 bits per heavy atom. The minimum atomic E-state index is -1.97. The van der Waals surface area contributed by atoms with Gasteiger partial charge in [-0.15, -0.1) is 11.3 Å². The molecule has 354 valence electrons. The number of likely N-dealkylation sites (tertiary alicyclic amines) is 1. The number of thioether (sulfide) groups is 1. The molecule has 4 N–H and O–H groups in total. The Labute approximate surface area is 398 Å². The van der Waals surface area contributed by atoms with E-state index in [0.717, 1.165) is 21.7 Å². The molecule has 2 aromatic carbocycles. The van der Waals surface area contributed by atoms with E-state index in [4.69, 9.17) is 21.1 Å². The van der Waals surface area contributed by atoms with Gasteiger partial charge in [-0.2, -0.15) is 16.7 Å². The number of carbonyl (C=O) groups excluding carboxylic acids is 4. The number of carbonyl (C=O) groups is 4. The predicted octanol–water partition coefficient (Wildman–Crippen LogP) is 5.94. The quantitative estimate of drug-likeness (QED) is 0.0766. The molecule has 7 rings (SSSR count). The largest absolute Gasteiger partial charge is 0.495 e. The van der Waals surface area contributed by atoms with Gasteiger partial charge in [0, 0.05) is 68.9 Å². The second kappa shape index (κ2) is 21.7. The van der Waals surface area contributed by atoms with Gasteiger partial charge < -0.3 is 40.5 Å². The predicted molar refractivity (Wildman–Crippen MR) is 256 cm³/mol. The highest BCUT2D eigenvalue weighted by Gasteiger charge is 2.53. The first-order valence-electron chi connectivity index (χ1n) is 22.2. The average molecular weight is 966 g/mol. The molecule has 4 heterocycles. The molecule has 0 spiro atoms. The smallest absolute Gasteiger partial charge is 0.258 e. The maximum Gasteiger partial charge on any atom is 0.258 e. The summed E-state index contributed by atoms with van der Waals surface area (Å²) < 4.78 is 25.8. The molecule has 2 saturated heterocycles. The molecule has 66 heavy (non-hydrogen) atoms. The fraction of sp³-hybridized carbons (Fsp3) is 0.500. The van der Waals surface area contributed by atoms with Gasteiger partial charge in [-0.25, -0.2) is 14.4 Å². The first kappa shape index (κ1) is 48.8. The van der Waals surface area contributed by atoms with Crippen molar-refractivity contribution in [3.63, 3.8) is 0 Å². The third-order valence-corrected chi connectivity index (χ3v) is 14.8. The van der Waals surface area contributed by atoms with Crippen molar-refractivity contribution in [1.29, 1.82) is 0 Å². The number of rotatable bonds is 20. The van der Waals surface area contributed by atoms with Crippen molar-refractivity contribution in [1.82, 2.24) is 40.3 Å². The molecule has 2 atom stereocenters. The molecule has 1 aliphatic carbocycles. The molecule has 1 saturated carbocycles. The van der Waals surface area contributed by atoms with Gasteiger partial charge in [-0.1, -0.05) is 35.9 Å². The van der Waals surface area contributed by atoms with Crippen molar-refractivity contribution in [3.05, 3.63) is 76.0 Å². The van der Waals surface area contributed by atoms with Crippen molar-refractivity contribution in [3.8, 4) is 16.2 Å². The van der Waals surface area contributed by atoms with Gasteiger partial charge in [0.05, 0.1) is 48.3 Å². The van der Waals surface area contributed by atoms with E-state index in [9.17, 15) is 19.2 Å². The van der Waals surface area contributed by atoms with Crippen LogP contribution in [0.3, 0.4) is 0 Å². The SMILES string of the molecule is CNc1nc(Nc2ccc(C(=O)N3CCN(CCOCCSC(C)(C)[C@H](NC(=O)C4(F)CC4)C(=O)N4CCC[C@H]4C(=O)NCc4ccc(-c5scnc5C)cc4)CC3)cc2OC)ncc1Cl. The van der Waals surface area contributed by atoms with Gasteiger partial charge in [0.15, 0.2) is 5.67 Å². The minimum absolute atomic E-state index is 0.0915. The molecule has 2 aromatic heterocycles. The highest BCUT2D eigenvalue weighted by atomic mass is 35.5. The van der Waals surface area contributed by atoms with Crippen molar-refractivity contribution in [2.24, 2.45) is 0 Å². The molecule has 0 bridgehead atoms. The number of hydrogen-bond acceptors (Lipinski definition) is 14. The molecule has 16 nitrogen and oxygen atoms in total. The van der Waals surface area contributed by atoms with Crippen molar-refractivity contribution in [2.75, 3.05) is 83.0 Å². The Kier molecular flexibility index (Phi) is 16.1. The van der Waals surface area contributed by atoms with Gasteiger partial charge in [0.25, 0.3) is 11.8 Å². The van der Waals surface area contributed by atoms with Crippen LogP contribution < -0.4 is 26.0 Å². The second-order valence-corrected chi connectivity index (χ2v) is 20.1. The normalized spacial score (nSPS) is 17.5. The van der Waals surface area contributed by atoms with Gasteiger partial charge >= 0.3 is 0 Å². The van der Waals surface area contributed by atoms with Crippen LogP contribution in [0.25, 0.3) is 10.4 Å². The maximum absolute atomic E-state index is 15.0. The summed E-state index contributed by atoms with van der Waals surface area (Å²) in [4.78, 5) is 74.1. The zero-order chi connectivity index (χ0) is 47.0. The lowest BCUT2D eigenvalue weighted by Crippen LogP contribution is -2.61. The second-order valence-electron chi connectivity index (χ2n) is 17.1. The minimum Gasteiger partial charge on any atom is -0.495 e. The summed E-state index contributed by atoms with van der Waals surface area (Å²) in [6, 6.07) is 11.4. The monoisotopic (exact) mass is 964 g/mol. The lowest BCUT2D eigenvalue weighted by molar-refractivity contribution is -0.143. The fourth-order valence-electron chi connectivity index (χ4n) is 8.01. The molecule has 3 fully saturated rings. The number of methoxy groups -OCH3 is 1. The number of aryl methyl sites for hydroxylation is 1. The number of alkyl halides is 1.